The van der Waals surface area contributed by atoms with E-state index >= 15 is 0 Å². The topological polar surface area (TPSA) is 53.2 Å². The average molecular weight is 579 g/mol. The number of amides is 1. The summed E-state index contributed by atoms with van der Waals surface area (Å²) >= 11 is 23.5. The first kappa shape index (κ1) is 33.3. The molecule has 0 aromatic heterocycles. The van der Waals surface area contributed by atoms with Crippen LogP contribution in [0, 0.1) is 6.92 Å². The van der Waals surface area contributed by atoms with E-state index in [2.05, 4.69) is 22.9 Å². The van der Waals surface area contributed by atoms with Crippen molar-refractivity contribution in [3.63, 3.8) is 0 Å². The Morgan fingerprint density at radius 3 is 1.67 bits per heavy atom. The predicted octanol–water partition coefficient (Wildman–Crippen LogP) is 9.36. The number of aryl methyl sites for hydroxylation is 1. The standard InChI is InChI=1S/C28H46Cl3N3OS/c1-3-4-5-6-7-8-9-10-11-12-13-14-15-16-17-18-25(35)33-26(28(29,30)31)34-27(36)32-24-21-19-23(2)20-22-24/h19-22,26H,3-18H2,1-2H3,(H,33,35)(H2,32,34,36)/t26-/m1/s1. The van der Waals surface area contributed by atoms with E-state index in [1.165, 1.54) is 77.0 Å². The fraction of sp³-hybridized carbons (Fsp3) is 0.714. The number of carbonyl (C=O) groups excluding carboxylic acids is 1. The third-order valence-electron chi connectivity index (χ3n) is 6.22. The van der Waals surface area contributed by atoms with Crippen molar-refractivity contribution in [1.29, 1.82) is 0 Å². The Balaban J connectivity index is 2.11. The number of hydrogen-bond donors (Lipinski definition) is 3. The summed E-state index contributed by atoms with van der Waals surface area (Å²) in [5.41, 5.74) is 1.95. The summed E-state index contributed by atoms with van der Waals surface area (Å²) in [4.78, 5) is 12.4. The molecule has 0 heterocycles. The second kappa shape index (κ2) is 20.2. The van der Waals surface area contributed by atoms with Gasteiger partial charge in [-0.15, -0.1) is 0 Å². The minimum Gasteiger partial charge on any atom is -0.339 e. The van der Waals surface area contributed by atoms with E-state index in [9.17, 15) is 4.79 Å². The Kier molecular flexibility index (Phi) is 18.7. The van der Waals surface area contributed by atoms with Crippen LogP contribution in [-0.4, -0.2) is 21.0 Å². The normalized spacial score (nSPS) is 12.2. The minimum absolute atomic E-state index is 0.161. The van der Waals surface area contributed by atoms with Crippen LogP contribution in [0.4, 0.5) is 5.69 Å². The lowest BCUT2D eigenvalue weighted by atomic mass is 10.0. The van der Waals surface area contributed by atoms with Crippen molar-refractivity contribution in [2.24, 2.45) is 0 Å². The molecule has 3 N–H and O–H groups in total. The first-order chi connectivity index (χ1) is 17.2. The van der Waals surface area contributed by atoms with Gasteiger partial charge in [-0.1, -0.05) is 149 Å². The van der Waals surface area contributed by atoms with Crippen LogP contribution < -0.4 is 16.0 Å². The van der Waals surface area contributed by atoms with E-state index in [0.717, 1.165) is 30.5 Å². The third-order valence-corrected chi connectivity index (χ3v) is 7.10. The molecule has 0 saturated heterocycles. The van der Waals surface area contributed by atoms with Gasteiger partial charge >= 0.3 is 0 Å². The van der Waals surface area contributed by atoms with Gasteiger partial charge < -0.3 is 16.0 Å². The Hall–Kier alpha value is -0.750. The van der Waals surface area contributed by atoms with E-state index in [4.69, 9.17) is 47.0 Å². The van der Waals surface area contributed by atoms with Gasteiger partial charge in [0.25, 0.3) is 0 Å². The maximum Gasteiger partial charge on any atom is 0.228 e. The molecule has 36 heavy (non-hydrogen) atoms. The molecule has 1 aromatic carbocycles. The van der Waals surface area contributed by atoms with Crippen molar-refractivity contribution in [3.8, 4) is 0 Å². The van der Waals surface area contributed by atoms with Crippen LogP contribution in [0.25, 0.3) is 0 Å². The summed E-state index contributed by atoms with van der Waals surface area (Å²) < 4.78 is -1.75. The van der Waals surface area contributed by atoms with Crippen LogP contribution in [0.5, 0.6) is 0 Å². The molecule has 0 unspecified atom stereocenters. The summed E-state index contributed by atoms with van der Waals surface area (Å²) in [5, 5.41) is 8.96. The number of benzene rings is 1. The highest BCUT2D eigenvalue weighted by atomic mass is 35.6. The Morgan fingerprint density at radius 2 is 1.22 bits per heavy atom. The van der Waals surface area contributed by atoms with E-state index in [1.54, 1.807) is 0 Å². The smallest absolute Gasteiger partial charge is 0.228 e. The molecule has 8 heteroatoms. The Bertz CT molecular complexity index is 726. The van der Waals surface area contributed by atoms with Crippen LogP contribution in [0.3, 0.4) is 0 Å². The van der Waals surface area contributed by atoms with Gasteiger partial charge in [-0.2, -0.15) is 0 Å². The molecule has 4 nitrogen and oxygen atoms in total. The molecule has 1 atom stereocenters. The van der Waals surface area contributed by atoms with Gasteiger partial charge in [-0.05, 0) is 37.7 Å². The third kappa shape index (κ3) is 17.7. The maximum absolute atomic E-state index is 12.4. The lowest BCUT2D eigenvalue weighted by molar-refractivity contribution is -0.122. The van der Waals surface area contributed by atoms with Crippen molar-refractivity contribution < 1.29 is 4.79 Å². The number of halogens is 3. The fourth-order valence-electron chi connectivity index (χ4n) is 4.02. The van der Waals surface area contributed by atoms with Crippen LogP contribution in [0.15, 0.2) is 24.3 Å². The second-order valence-corrected chi connectivity index (χ2v) is 12.5. The predicted molar refractivity (Wildman–Crippen MR) is 162 cm³/mol. The van der Waals surface area contributed by atoms with Gasteiger partial charge in [-0.25, -0.2) is 0 Å². The summed E-state index contributed by atoms with van der Waals surface area (Å²) in [6, 6.07) is 7.75. The van der Waals surface area contributed by atoms with E-state index in [0.29, 0.717) is 6.42 Å². The lowest BCUT2D eigenvalue weighted by Crippen LogP contribution is -2.56. The highest BCUT2D eigenvalue weighted by Crippen LogP contribution is 2.29. The van der Waals surface area contributed by atoms with E-state index < -0.39 is 9.96 Å². The van der Waals surface area contributed by atoms with Gasteiger partial charge in [-0.3, -0.25) is 4.79 Å². The van der Waals surface area contributed by atoms with Crippen LogP contribution in [0.2, 0.25) is 0 Å². The highest BCUT2D eigenvalue weighted by molar-refractivity contribution is 7.80. The maximum atomic E-state index is 12.4. The number of nitrogens with one attached hydrogen (secondary N) is 3. The molecule has 1 aromatic rings. The molecule has 0 fully saturated rings. The summed E-state index contributed by atoms with van der Waals surface area (Å²) in [6.45, 7) is 4.27. The minimum atomic E-state index is -1.75. The number of anilines is 1. The zero-order chi connectivity index (χ0) is 26.7. The highest BCUT2D eigenvalue weighted by Gasteiger charge is 2.34. The largest absolute Gasteiger partial charge is 0.339 e. The molecular weight excluding hydrogens is 533 g/mol. The van der Waals surface area contributed by atoms with Crippen LogP contribution in [-0.2, 0) is 4.79 Å². The Labute approximate surface area is 240 Å². The number of unbranched alkanes of at least 4 members (excludes halogenated alkanes) is 14. The van der Waals surface area contributed by atoms with E-state index in [1.807, 2.05) is 31.2 Å². The Morgan fingerprint density at radius 1 is 0.778 bits per heavy atom. The average Bonchev–Trinajstić information content (AvgIpc) is 2.82. The summed E-state index contributed by atoms with van der Waals surface area (Å²) in [6.07, 6.45) is 18.8. The number of carbonyl (C=O) groups is 1. The first-order valence-electron chi connectivity index (χ1n) is 13.7. The first-order valence-corrected chi connectivity index (χ1v) is 15.3. The summed E-state index contributed by atoms with van der Waals surface area (Å²) in [7, 11) is 0. The fourth-order valence-corrected chi connectivity index (χ4v) is 4.59. The van der Waals surface area contributed by atoms with Gasteiger partial charge in [0.05, 0.1) is 0 Å². The molecular formula is C28H46Cl3N3OS. The molecule has 0 spiro atoms. The van der Waals surface area contributed by atoms with Crippen LogP contribution >= 0.6 is 47.0 Å². The van der Waals surface area contributed by atoms with Crippen molar-refractivity contribution >= 4 is 63.7 Å². The van der Waals surface area contributed by atoms with Crippen LogP contribution in [0.1, 0.15) is 115 Å². The quantitative estimate of drug-likeness (QED) is 0.0662. The molecule has 0 aliphatic rings. The monoisotopic (exact) mass is 577 g/mol. The lowest BCUT2D eigenvalue weighted by Gasteiger charge is -2.27. The number of hydrogen-bond acceptors (Lipinski definition) is 2. The van der Waals surface area contributed by atoms with Crippen molar-refractivity contribution in [3.05, 3.63) is 29.8 Å². The van der Waals surface area contributed by atoms with E-state index in [-0.39, 0.29) is 11.0 Å². The SMILES string of the molecule is CCCCCCCCCCCCCCCCCC(=O)N[C@H](NC(=S)Nc1ccc(C)cc1)C(Cl)(Cl)Cl. The number of thiocarbonyl (C=S) groups is 1. The van der Waals surface area contributed by atoms with Gasteiger partial charge in [0, 0.05) is 12.1 Å². The van der Waals surface area contributed by atoms with Crippen molar-refractivity contribution in [1.82, 2.24) is 10.6 Å². The molecule has 0 aliphatic heterocycles. The molecule has 0 bridgehead atoms. The van der Waals surface area contributed by atoms with Gasteiger partial charge in [0.15, 0.2) is 5.11 Å². The van der Waals surface area contributed by atoms with Crippen molar-refractivity contribution in [2.75, 3.05) is 5.32 Å². The number of alkyl halides is 3. The molecule has 0 radical (unpaired) electrons. The molecule has 1 amide bonds. The molecule has 0 aliphatic carbocycles. The molecule has 206 valence electrons. The zero-order valence-corrected chi connectivity index (χ0v) is 25.2. The zero-order valence-electron chi connectivity index (χ0n) is 22.2. The molecule has 1 rings (SSSR count). The van der Waals surface area contributed by atoms with Gasteiger partial charge in [0.1, 0.15) is 6.17 Å². The summed E-state index contributed by atoms with van der Waals surface area (Å²) in [5.74, 6) is -0.161. The van der Waals surface area contributed by atoms with Crippen molar-refractivity contribution in [2.45, 2.75) is 127 Å². The second-order valence-electron chi connectivity index (χ2n) is 9.71. The van der Waals surface area contributed by atoms with Gasteiger partial charge in [0.2, 0.25) is 9.70 Å². The molecule has 0 saturated carbocycles. The number of rotatable bonds is 19.